The second-order valence-corrected chi connectivity index (χ2v) is 8.63. The zero-order chi connectivity index (χ0) is 25.5. The number of carbonyl (C=O) groups is 2. The lowest BCUT2D eigenvalue weighted by atomic mass is 10.2. The van der Waals surface area contributed by atoms with Gasteiger partial charge in [-0.15, -0.1) is 0 Å². The van der Waals surface area contributed by atoms with Crippen molar-refractivity contribution in [3.8, 4) is 0 Å². The van der Waals surface area contributed by atoms with Crippen LogP contribution in [0.1, 0.15) is 93.9 Å². The van der Waals surface area contributed by atoms with Gasteiger partial charge in [-0.1, -0.05) is 41.5 Å². The smallest absolute Gasteiger partial charge is 0.0783 e. The normalized spacial score (nSPS) is 11.4. The molecule has 6 nitrogen and oxygen atoms in total. The van der Waals surface area contributed by atoms with E-state index in [0.717, 1.165) is 0 Å². The van der Waals surface area contributed by atoms with Crippen LogP contribution in [0, 0.1) is 0 Å². The largest absolute Gasteiger partial charge is 0.545 e. The fourth-order valence-corrected chi connectivity index (χ4v) is 4.60. The van der Waals surface area contributed by atoms with E-state index in [1.165, 1.54) is 99.8 Å². The summed E-state index contributed by atoms with van der Waals surface area (Å²) in [5.41, 5.74) is 0. The SMILES string of the molecule is CCC[N+](CC)(CCC)CCC.CCC[N+](CC)(CCC)CCC.O=C([O-])C=CC(=O)[O-]. The number of hydrogen-bond donors (Lipinski definition) is 0. The molecule has 0 rings (SSSR count). The van der Waals surface area contributed by atoms with Crippen molar-refractivity contribution < 1.29 is 28.8 Å². The molecule has 0 aliphatic rings. The fourth-order valence-electron chi connectivity index (χ4n) is 4.60. The average Bonchev–Trinajstić information content (AvgIpc) is 2.74. The highest BCUT2D eigenvalue weighted by atomic mass is 16.4. The van der Waals surface area contributed by atoms with Gasteiger partial charge in [0.25, 0.3) is 0 Å². The lowest BCUT2D eigenvalue weighted by molar-refractivity contribution is -0.926. The van der Waals surface area contributed by atoms with Crippen molar-refractivity contribution in [3.05, 3.63) is 12.2 Å². The van der Waals surface area contributed by atoms with Gasteiger partial charge in [0.1, 0.15) is 0 Å². The van der Waals surface area contributed by atoms with E-state index in [-0.39, 0.29) is 0 Å². The Morgan fingerprint density at radius 1 is 0.500 bits per heavy atom. The van der Waals surface area contributed by atoms with E-state index in [4.69, 9.17) is 0 Å². The minimum absolute atomic E-state index is 0.384. The molecule has 0 atom stereocenters. The first-order valence-corrected chi connectivity index (χ1v) is 12.9. The molecule has 0 fully saturated rings. The Morgan fingerprint density at radius 2 is 0.688 bits per heavy atom. The molecular formula is C26H54N2O4. The number of carboxylic acid groups (broad SMARTS) is 2. The van der Waals surface area contributed by atoms with Gasteiger partial charge in [-0.2, -0.15) is 0 Å². The topological polar surface area (TPSA) is 80.3 Å². The second kappa shape index (κ2) is 22.8. The van der Waals surface area contributed by atoms with Crippen LogP contribution in [0.5, 0.6) is 0 Å². The van der Waals surface area contributed by atoms with Crippen molar-refractivity contribution in [2.45, 2.75) is 93.9 Å². The highest BCUT2D eigenvalue weighted by Gasteiger charge is 2.22. The fraction of sp³-hybridized carbons (Fsp3) is 0.846. The summed E-state index contributed by atoms with van der Waals surface area (Å²) < 4.78 is 2.70. The van der Waals surface area contributed by atoms with Crippen LogP contribution in [-0.4, -0.2) is 73.3 Å². The Hall–Kier alpha value is -1.40. The standard InChI is InChI=1S/2C11H26N.C4H4O4/c2*1-5-9-12(8-4,10-6-2)11-7-3;5-3(6)1-2-4(7)8/h2*5-11H2,1-4H3;1-2H,(H,5,6)(H,7,8)/q2*+1;/p-2. The number of carboxylic acids is 2. The van der Waals surface area contributed by atoms with Crippen LogP contribution in [0.15, 0.2) is 12.2 Å². The molecular weight excluding hydrogens is 404 g/mol. The van der Waals surface area contributed by atoms with E-state index in [9.17, 15) is 19.8 Å². The van der Waals surface area contributed by atoms with Gasteiger partial charge in [0.2, 0.25) is 0 Å². The Kier molecular flexibility index (Phi) is 25.1. The summed E-state index contributed by atoms with van der Waals surface area (Å²) in [6.45, 7) is 29.3. The molecule has 0 radical (unpaired) electrons. The third-order valence-electron chi connectivity index (χ3n) is 5.88. The highest BCUT2D eigenvalue weighted by molar-refractivity contribution is 5.87. The van der Waals surface area contributed by atoms with Crippen molar-refractivity contribution in [1.29, 1.82) is 0 Å². The summed E-state index contributed by atoms with van der Waals surface area (Å²) in [6.07, 6.45) is 8.73. The Bertz CT molecular complexity index is 402. The number of aliphatic carboxylic acids is 2. The van der Waals surface area contributed by atoms with Crippen LogP contribution in [-0.2, 0) is 9.59 Å². The zero-order valence-electron chi connectivity index (χ0n) is 22.6. The Balaban J connectivity index is -0.000000404. The third-order valence-corrected chi connectivity index (χ3v) is 5.88. The minimum Gasteiger partial charge on any atom is -0.545 e. The van der Waals surface area contributed by atoms with Crippen LogP contribution in [0.3, 0.4) is 0 Å². The van der Waals surface area contributed by atoms with Crippen LogP contribution in [0.2, 0.25) is 0 Å². The lowest BCUT2D eigenvalue weighted by Crippen LogP contribution is -2.49. The van der Waals surface area contributed by atoms with Crippen molar-refractivity contribution >= 4 is 11.9 Å². The maximum Gasteiger partial charge on any atom is 0.0783 e. The first kappa shape index (κ1) is 35.2. The van der Waals surface area contributed by atoms with E-state index >= 15 is 0 Å². The number of hydrogen-bond acceptors (Lipinski definition) is 4. The number of carbonyl (C=O) groups excluding carboxylic acids is 2. The highest BCUT2D eigenvalue weighted by Crippen LogP contribution is 2.11. The van der Waals surface area contributed by atoms with Gasteiger partial charge in [0.15, 0.2) is 0 Å². The van der Waals surface area contributed by atoms with Gasteiger partial charge in [-0.3, -0.25) is 0 Å². The van der Waals surface area contributed by atoms with Crippen molar-refractivity contribution in [1.82, 2.24) is 0 Å². The molecule has 0 aromatic carbocycles. The summed E-state index contributed by atoms with van der Waals surface area (Å²) in [6, 6.07) is 0. The summed E-state index contributed by atoms with van der Waals surface area (Å²) in [4.78, 5) is 18.8. The van der Waals surface area contributed by atoms with E-state index in [1.54, 1.807) is 0 Å². The van der Waals surface area contributed by atoms with E-state index < -0.39 is 11.9 Å². The zero-order valence-corrected chi connectivity index (χ0v) is 22.6. The monoisotopic (exact) mass is 458 g/mol. The molecule has 0 spiro atoms. The van der Waals surface area contributed by atoms with Gasteiger partial charge < -0.3 is 28.8 Å². The molecule has 0 bridgehead atoms. The van der Waals surface area contributed by atoms with E-state index in [0.29, 0.717) is 12.2 Å². The summed E-state index contributed by atoms with van der Waals surface area (Å²) in [5, 5.41) is 18.8. The molecule has 0 heterocycles. The van der Waals surface area contributed by atoms with E-state index in [1.807, 2.05) is 0 Å². The van der Waals surface area contributed by atoms with Gasteiger partial charge in [-0.25, -0.2) is 0 Å². The van der Waals surface area contributed by atoms with Crippen LogP contribution >= 0.6 is 0 Å². The minimum atomic E-state index is -1.55. The molecule has 0 saturated carbocycles. The maximum atomic E-state index is 9.41. The molecule has 0 N–H and O–H groups in total. The summed E-state index contributed by atoms with van der Waals surface area (Å²) >= 11 is 0. The van der Waals surface area contributed by atoms with Gasteiger partial charge in [-0.05, 0) is 64.5 Å². The number of nitrogens with zero attached hydrogens (tertiary/aromatic N) is 2. The molecule has 0 unspecified atom stereocenters. The molecule has 0 amide bonds. The lowest BCUT2D eigenvalue weighted by Gasteiger charge is -2.37. The molecule has 0 aromatic rings. The van der Waals surface area contributed by atoms with Gasteiger partial charge >= 0.3 is 0 Å². The summed E-state index contributed by atoms with van der Waals surface area (Å²) in [7, 11) is 0. The van der Waals surface area contributed by atoms with Crippen molar-refractivity contribution in [2.75, 3.05) is 52.4 Å². The molecule has 6 heteroatoms. The third kappa shape index (κ3) is 19.3. The predicted molar refractivity (Wildman–Crippen MR) is 132 cm³/mol. The van der Waals surface area contributed by atoms with E-state index in [2.05, 4.69) is 55.4 Å². The Morgan fingerprint density at radius 3 is 0.781 bits per heavy atom. The molecule has 32 heavy (non-hydrogen) atoms. The van der Waals surface area contributed by atoms with Gasteiger partial charge in [0.05, 0.1) is 64.3 Å². The predicted octanol–water partition coefficient (Wildman–Crippen LogP) is 3.15. The first-order valence-electron chi connectivity index (χ1n) is 12.9. The second-order valence-electron chi connectivity index (χ2n) is 8.63. The molecule has 192 valence electrons. The van der Waals surface area contributed by atoms with Gasteiger partial charge in [0, 0.05) is 0 Å². The average molecular weight is 459 g/mol. The van der Waals surface area contributed by atoms with Crippen molar-refractivity contribution in [3.63, 3.8) is 0 Å². The van der Waals surface area contributed by atoms with Crippen LogP contribution in [0.25, 0.3) is 0 Å². The molecule has 0 aromatic heterocycles. The molecule has 0 aliphatic heterocycles. The van der Waals surface area contributed by atoms with Crippen LogP contribution in [0.4, 0.5) is 0 Å². The maximum absolute atomic E-state index is 9.41. The first-order chi connectivity index (χ1) is 15.1. The molecule has 0 aliphatic carbocycles. The van der Waals surface area contributed by atoms with Crippen molar-refractivity contribution in [2.24, 2.45) is 0 Å². The number of quaternary nitrogens is 2. The quantitative estimate of drug-likeness (QED) is 0.263. The van der Waals surface area contributed by atoms with Crippen LogP contribution < -0.4 is 10.2 Å². The molecule has 0 saturated heterocycles. The Labute approximate surface area is 199 Å². The summed E-state index contributed by atoms with van der Waals surface area (Å²) in [5.74, 6) is -3.09. The number of rotatable bonds is 16.